The number of phenolic OH excluding ortho intramolecular Hbond substituents is 1. The lowest BCUT2D eigenvalue weighted by molar-refractivity contribution is 0.411. The predicted octanol–water partition coefficient (Wildman–Crippen LogP) is 4.49. The molecule has 2 aromatic rings. The van der Waals surface area contributed by atoms with E-state index in [0.29, 0.717) is 21.5 Å². The first kappa shape index (κ1) is 11.1. The molecule has 0 aliphatic heterocycles. The topological polar surface area (TPSA) is 29.5 Å². The smallest absolute Gasteiger partial charge is 0.170 e. The summed E-state index contributed by atoms with van der Waals surface area (Å²) in [5.74, 6) is 0.879. The highest BCUT2D eigenvalue weighted by atomic mass is 35.5. The first-order valence-electron chi connectivity index (χ1n) is 4.57. The number of halogens is 2. The molecule has 0 aliphatic rings. The molecule has 0 saturated carbocycles. The lowest BCUT2D eigenvalue weighted by Gasteiger charge is -2.07. The van der Waals surface area contributed by atoms with Crippen molar-refractivity contribution in [2.75, 3.05) is 0 Å². The zero-order chi connectivity index (χ0) is 11.5. The molecular weight excluding hydrogens is 247 g/mol. The number of hydrogen-bond donors (Lipinski definition) is 1. The van der Waals surface area contributed by atoms with E-state index in [1.807, 2.05) is 0 Å². The molecule has 0 spiro atoms. The molecule has 2 nitrogen and oxygen atoms in total. The standard InChI is InChI=1S/C12H8Cl2O2/c13-8-2-1-3-10(6-8)16-12-7-9(14)4-5-11(12)15/h1-7,15H. The zero-order valence-corrected chi connectivity index (χ0v) is 9.66. The molecular formula is C12H8Cl2O2. The Labute approximate surface area is 103 Å². The Morgan fingerprint density at radius 1 is 0.938 bits per heavy atom. The molecule has 2 rings (SSSR count). The summed E-state index contributed by atoms with van der Waals surface area (Å²) in [5.41, 5.74) is 0. The van der Waals surface area contributed by atoms with Gasteiger partial charge in [-0.05, 0) is 30.3 Å². The van der Waals surface area contributed by atoms with Crippen LogP contribution in [0.1, 0.15) is 0 Å². The van der Waals surface area contributed by atoms with Crippen molar-refractivity contribution in [2.24, 2.45) is 0 Å². The molecule has 2 aromatic carbocycles. The Morgan fingerprint density at radius 2 is 1.69 bits per heavy atom. The van der Waals surface area contributed by atoms with Crippen molar-refractivity contribution in [3.8, 4) is 17.2 Å². The van der Waals surface area contributed by atoms with Crippen LogP contribution in [-0.2, 0) is 0 Å². The van der Waals surface area contributed by atoms with Gasteiger partial charge < -0.3 is 9.84 Å². The zero-order valence-electron chi connectivity index (χ0n) is 8.15. The maximum Gasteiger partial charge on any atom is 0.170 e. The van der Waals surface area contributed by atoms with Gasteiger partial charge in [0.05, 0.1) is 0 Å². The van der Waals surface area contributed by atoms with Gasteiger partial charge in [0.25, 0.3) is 0 Å². The largest absolute Gasteiger partial charge is 0.504 e. The van der Waals surface area contributed by atoms with Crippen molar-refractivity contribution in [1.82, 2.24) is 0 Å². The summed E-state index contributed by atoms with van der Waals surface area (Å²) in [4.78, 5) is 0. The summed E-state index contributed by atoms with van der Waals surface area (Å²) in [6.45, 7) is 0. The number of rotatable bonds is 2. The van der Waals surface area contributed by atoms with Gasteiger partial charge in [0.2, 0.25) is 0 Å². The van der Waals surface area contributed by atoms with Crippen molar-refractivity contribution in [3.63, 3.8) is 0 Å². The molecule has 0 radical (unpaired) electrons. The van der Waals surface area contributed by atoms with Gasteiger partial charge in [0, 0.05) is 16.1 Å². The van der Waals surface area contributed by atoms with E-state index >= 15 is 0 Å². The van der Waals surface area contributed by atoms with Crippen LogP contribution in [-0.4, -0.2) is 5.11 Å². The van der Waals surface area contributed by atoms with Gasteiger partial charge in [-0.3, -0.25) is 0 Å². The molecule has 0 aromatic heterocycles. The lowest BCUT2D eigenvalue weighted by Crippen LogP contribution is -1.84. The minimum absolute atomic E-state index is 0.0318. The third-order valence-electron chi connectivity index (χ3n) is 1.95. The molecule has 0 saturated heterocycles. The van der Waals surface area contributed by atoms with E-state index in [4.69, 9.17) is 27.9 Å². The molecule has 0 atom stereocenters. The number of aromatic hydroxyl groups is 1. The van der Waals surface area contributed by atoms with Crippen molar-refractivity contribution in [1.29, 1.82) is 0 Å². The third-order valence-corrected chi connectivity index (χ3v) is 2.42. The van der Waals surface area contributed by atoms with E-state index in [1.165, 1.54) is 12.1 Å². The van der Waals surface area contributed by atoms with Gasteiger partial charge in [0.15, 0.2) is 11.5 Å². The van der Waals surface area contributed by atoms with Gasteiger partial charge >= 0.3 is 0 Å². The van der Waals surface area contributed by atoms with Gasteiger partial charge in [-0.2, -0.15) is 0 Å². The summed E-state index contributed by atoms with van der Waals surface area (Å²) >= 11 is 11.6. The second kappa shape index (κ2) is 4.64. The number of phenols is 1. The third kappa shape index (κ3) is 2.60. The minimum Gasteiger partial charge on any atom is -0.504 e. The fourth-order valence-electron chi connectivity index (χ4n) is 1.23. The van der Waals surface area contributed by atoms with Gasteiger partial charge in [-0.25, -0.2) is 0 Å². The van der Waals surface area contributed by atoms with E-state index in [9.17, 15) is 5.11 Å². The molecule has 0 heterocycles. The highest BCUT2D eigenvalue weighted by Crippen LogP contribution is 2.33. The summed E-state index contributed by atoms with van der Waals surface area (Å²) < 4.78 is 5.45. The molecule has 0 bridgehead atoms. The fraction of sp³-hybridized carbons (Fsp3) is 0. The molecule has 4 heteroatoms. The second-order valence-corrected chi connectivity index (χ2v) is 4.04. The summed E-state index contributed by atoms with van der Waals surface area (Å²) in [6.07, 6.45) is 0. The van der Waals surface area contributed by atoms with Crippen molar-refractivity contribution >= 4 is 23.2 Å². The minimum atomic E-state index is 0.0318. The Hall–Kier alpha value is -1.38. The average molecular weight is 255 g/mol. The van der Waals surface area contributed by atoms with E-state index in [0.717, 1.165) is 0 Å². The monoisotopic (exact) mass is 254 g/mol. The Kier molecular flexibility index (Phi) is 3.22. The second-order valence-electron chi connectivity index (χ2n) is 3.17. The van der Waals surface area contributed by atoms with E-state index in [1.54, 1.807) is 30.3 Å². The highest BCUT2D eigenvalue weighted by molar-refractivity contribution is 6.31. The maximum atomic E-state index is 9.55. The number of ether oxygens (including phenoxy) is 1. The first-order chi connectivity index (χ1) is 7.65. The van der Waals surface area contributed by atoms with Gasteiger partial charge in [0.1, 0.15) is 5.75 Å². The van der Waals surface area contributed by atoms with Crippen LogP contribution in [0.15, 0.2) is 42.5 Å². The molecule has 82 valence electrons. The van der Waals surface area contributed by atoms with Crippen LogP contribution in [0.3, 0.4) is 0 Å². The van der Waals surface area contributed by atoms with Gasteiger partial charge in [-0.15, -0.1) is 0 Å². The first-order valence-corrected chi connectivity index (χ1v) is 5.33. The van der Waals surface area contributed by atoms with Gasteiger partial charge in [-0.1, -0.05) is 29.3 Å². The van der Waals surface area contributed by atoms with E-state index < -0.39 is 0 Å². The summed E-state index contributed by atoms with van der Waals surface area (Å²) in [6, 6.07) is 11.5. The Morgan fingerprint density at radius 3 is 2.44 bits per heavy atom. The fourth-order valence-corrected chi connectivity index (χ4v) is 1.57. The molecule has 0 unspecified atom stereocenters. The SMILES string of the molecule is Oc1ccc(Cl)cc1Oc1cccc(Cl)c1. The Balaban J connectivity index is 2.30. The van der Waals surface area contributed by atoms with Crippen LogP contribution in [0.5, 0.6) is 17.2 Å². The summed E-state index contributed by atoms with van der Waals surface area (Å²) in [5, 5.41) is 10.6. The van der Waals surface area contributed by atoms with Crippen molar-refractivity contribution in [3.05, 3.63) is 52.5 Å². The van der Waals surface area contributed by atoms with Crippen LogP contribution >= 0.6 is 23.2 Å². The molecule has 0 fully saturated rings. The number of benzene rings is 2. The van der Waals surface area contributed by atoms with Crippen LogP contribution in [0.25, 0.3) is 0 Å². The Bertz CT molecular complexity index is 512. The molecule has 0 amide bonds. The molecule has 1 N–H and O–H groups in total. The van der Waals surface area contributed by atoms with Crippen LogP contribution in [0, 0.1) is 0 Å². The van der Waals surface area contributed by atoms with Crippen LogP contribution in [0.2, 0.25) is 10.0 Å². The summed E-state index contributed by atoms with van der Waals surface area (Å²) in [7, 11) is 0. The highest BCUT2D eigenvalue weighted by Gasteiger charge is 2.04. The quantitative estimate of drug-likeness (QED) is 0.856. The van der Waals surface area contributed by atoms with E-state index in [-0.39, 0.29) is 5.75 Å². The van der Waals surface area contributed by atoms with Crippen molar-refractivity contribution in [2.45, 2.75) is 0 Å². The molecule has 0 aliphatic carbocycles. The lowest BCUT2D eigenvalue weighted by atomic mass is 10.3. The normalized spacial score (nSPS) is 10.1. The van der Waals surface area contributed by atoms with Crippen LogP contribution in [0.4, 0.5) is 0 Å². The average Bonchev–Trinajstić information content (AvgIpc) is 2.24. The number of hydrogen-bond acceptors (Lipinski definition) is 2. The molecule has 16 heavy (non-hydrogen) atoms. The van der Waals surface area contributed by atoms with E-state index in [2.05, 4.69) is 0 Å². The van der Waals surface area contributed by atoms with Crippen molar-refractivity contribution < 1.29 is 9.84 Å². The maximum absolute atomic E-state index is 9.55. The predicted molar refractivity (Wildman–Crippen MR) is 64.6 cm³/mol. The van der Waals surface area contributed by atoms with Crippen LogP contribution < -0.4 is 4.74 Å².